The number of anilines is 1. The third-order valence-corrected chi connectivity index (χ3v) is 4.73. The van der Waals surface area contributed by atoms with Gasteiger partial charge in [0.15, 0.2) is 5.82 Å². The Labute approximate surface area is 148 Å². The van der Waals surface area contributed by atoms with Crippen LogP contribution < -0.4 is 5.32 Å². The second-order valence-corrected chi connectivity index (χ2v) is 7.40. The largest absolute Gasteiger partial charge is 0.379 e. The van der Waals surface area contributed by atoms with Crippen molar-refractivity contribution < 1.29 is 0 Å². The summed E-state index contributed by atoms with van der Waals surface area (Å²) in [5, 5.41) is 8.26. The Morgan fingerprint density at radius 1 is 1.33 bits per heavy atom. The molecule has 1 unspecified atom stereocenters. The van der Waals surface area contributed by atoms with E-state index in [2.05, 4.69) is 55.1 Å². The Balaban J connectivity index is 1.58. The van der Waals surface area contributed by atoms with E-state index in [1.165, 1.54) is 0 Å². The number of halogens is 1. The van der Waals surface area contributed by atoms with E-state index in [1.54, 1.807) is 6.20 Å². The highest BCUT2D eigenvalue weighted by Crippen LogP contribution is 2.25. The molecule has 0 saturated heterocycles. The molecule has 0 amide bonds. The third-order valence-electron chi connectivity index (χ3n) is 4.29. The van der Waals surface area contributed by atoms with Crippen molar-refractivity contribution in [2.45, 2.75) is 45.2 Å². The molecule has 24 heavy (non-hydrogen) atoms. The van der Waals surface area contributed by atoms with Crippen LogP contribution in [0.3, 0.4) is 0 Å². The van der Waals surface area contributed by atoms with E-state index in [0.717, 1.165) is 52.2 Å². The molecule has 4 heterocycles. The second-order valence-electron chi connectivity index (χ2n) is 6.48. The fourth-order valence-corrected chi connectivity index (χ4v) is 3.35. The highest BCUT2D eigenvalue weighted by atomic mass is 79.9. The van der Waals surface area contributed by atoms with Crippen molar-refractivity contribution in [1.29, 1.82) is 0 Å². The zero-order valence-corrected chi connectivity index (χ0v) is 15.3. The highest BCUT2D eigenvalue weighted by Gasteiger charge is 2.23. The number of nitrogens with one attached hydrogen (secondary N) is 1. The number of rotatable bonds is 3. The molecule has 4 rings (SSSR count). The standard InChI is InChI=1S/C17H19BrN6/c1-10(2)17-22-15-4-3-12(9-24(15)23-17)21-13-5-6-19-14-7-11(18)8-20-16(13)14/h5-8,10,12H,3-4,9H2,1-2H3,(H,19,21). The van der Waals surface area contributed by atoms with Crippen molar-refractivity contribution in [3.8, 4) is 0 Å². The molecule has 1 atom stereocenters. The number of hydrogen-bond donors (Lipinski definition) is 1. The maximum absolute atomic E-state index is 4.65. The van der Waals surface area contributed by atoms with Crippen LogP contribution in [0.25, 0.3) is 11.0 Å². The molecule has 0 bridgehead atoms. The molecule has 1 N–H and O–H groups in total. The Kier molecular flexibility index (Phi) is 3.96. The van der Waals surface area contributed by atoms with Crippen LogP contribution in [0.15, 0.2) is 29.0 Å². The molecule has 0 aliphatic carbocycles. The van der Waals surface area contributed by atoms with Crippen LogP contribution in [-0.2, 0) is 13.0 Å². The van der Waals surface area contributed by atoms with Crippen molar-refractivity contribution in [2.75, 3.05) is 5.32 Å². The molecule has 1 aliphatic heterocycles. The molecule has 0 spiro atoms. The van der Waals surface area contributed by atoms with E-state index >= 15 is 0 Å². The van der Waals surface area contributed by atoms with Gasteiger partial charge in [-0.25, -0.2) is 9.67 Å². The summed E-state index contributed by atoms with van der Waals surface area (Å²) in [5.74, 6) is 2.39. The lowest BCUT2D eigenvalue weighted by Crippen LogP contribution is -2.32. The molecular formula is C17H19BrN6. The second kappa shape index (κ2) is 6.12. The van der Waals surface area contributed by atoms with Gasteiger partial charge in [0.2, 0.25) is 0 Å². The first-order chi connectivity index (χ1) is 11.6. The first-order valence-electron chi connectivity index (χ1n) is 8.20. The molecule has 7 heteroatoms. The van der Waals surface area contributed by atoms with E-state index in [9.17, 15) is 0 Å². The Bertz CT molecular complexity index is 888. The minimum atomic E-state index is 0.315. The number of fused-ring (bicyclic) bond motifs is 2. The molecule has 3 aromatic rings. The summed E-state index contributed by atoms with van der Waals surface area (Å²) in [7, 11) is 0. The van der Waals surface area contributed by atoms with Crippen LogP contribution in [0, 0.1) is 0 Å². The summed E-state index contributed by atoms with van der Waals surface area (Å²) in [6, 6.07) is 4.29. The van der Waals surface area contributed by atoms with E-state index in [0.29, 0.717) is 12.0 Å². The topological polar surface area (TPSA) is 68.5 Å². The smallest absolute Gasteiger partial charge is 0.153 e. The Hall–Kier alpha value is -2.02. The zero-order valence-electron chi connectivity index (χ0n) is 13.7. The van der Waals surface area contributed by atoms with Crippen LogP contribution in [0.4, 0.5) is 5.69 Å². The molecule has 0 radical (unpaired) electrons. The van der Waals surface area contributed by atoms with Gasteiger partial charge in [-0.05, 0) is 34.5 Å². The first-order valence-corrected chi connectivity index (χ1v) is 9.00. The number of nitrogens with zero attached hydrogens (tertiary/aromatic N) is 5. The van der Waals surface area contributed by atoms with E-state index in [-0.39, 0.29) is 0 Å². The minimum Gasteiger partial charge on any atom is -0.379 e. The normalized spacial score (nSPS) is 17.2. The zero-order chi connectivity index (χ0) is 16.7. The molecule has 124 valence electrons. The van der Waals surface area contributed by atoms with Gasteiger partial charge in [0.05, 0.1) is 17.7 Å². The summed E-state index contributed by atoms with van der Waals surface area (Å²) in [6.45, 7) is 5.09. The van der Waals surface area contributed by atoms with Gasteiger partial charge in [0.25, 0.3) is 0 Å². The molecule has 0 aromatic carbocycles. The molecule has 1 aliphatic rings. The van der Waals surface area contributed by atoms with Crippen molar-refractivity contribution >= 4 is 32.7 Å². The van der Waals surface area contributed by atoms with Crippen molar-refractivity contribution in [3.63, 3.8) is 0 Å². The van der Waals surface area contributed by atoms with Crippen LogP contribution in [-0.4, -0.2) is 30.8 Å². The van der Waals surface area contributed by atoms with Crippen molar-refractivity contribution in [1.82, 2.24) is 24.7 Å². The Morgan fingerprint density at radius 3 is 3.04 bits per heavy atom. The lowest BCUT2D eigenvalue weighted by molar-refractivity contribution is 0.440. The maximum Gasteiger partial charge on any atom is 0.153 e. The summed E-state index contributed by atoms with van der Waals surface area (Å²) >= 11 is 3.45. The van der Waals surface area contributed by atoms with E-state index in [1.807, 2.05) is 23.0 Å². The lowest BCUT2D eigenvalue weighted by Gasteiger charge is -2.24. The maximum atomic E-state index is 4.65. The molecule has 0 fully saturated rings. The van der Waals surface area contributed by atoms with Gasteiger partial charge in [-0.3, -0.25) is 9.97 Å². The SMILES string of the molecule is CC(C)c1nc2n(n1)CC(Nc1ccnc3cc(Br)cnc13)CC2. The fraction of sp³-hybridized carbons (Fsp3) is 0.412. The predicted molar refractivity (Wildman–Crippen MR) is 97.1 cm³/mol. The van der Waals surface area contributed by atoms with Gasteiger partial charge in [0.1, 0.15) is 11.3 Å². The summed E-state index contributed by atoms with van der Waals surface area (Å²) < 4.78 is 2.98. The van der Waals surface area contributed by atoms with Gasteiger partial charge in [-0.2, -0.15) is 5.10 Å². The summed E-state index contributed by atoms with van der Waals surface area (Å²) in [5.41, 5.74) is 2.80. The predicted octanol–water partition coefficient (Wildman–Crippen LogP) is 3.53. The fourth-order valence-electron chi connectivity index (χ4n) is 3.03. The monoisotopic (exact) mass is 386 g/mol. The number of hydrogen-bond acceptors (Lipinski definition) is 5. The highest BCUT2D eigenvalue weighted by molar-refractivity contribution is 9.10. The molecule has 6 nitrogen and oxygen atoms in total. The quantitative estimate of drug-likeness (QED) is 0.745. The number of pyridine rings is 2. The number of aromatic nitrogens is 5. The van der Waals surface area contributed by atoms with Gasteiger partial charge >= 0.3 is 0 Å². The van der Waals surface area contributed by atoms with Crippen LogP contribution in [0.2, 0.25) is 0 Å². The van der Waals surface area contributed by atoms with Crippen molar-refractivity contribution in [3.05, 3.63) is 40.6 Å². The van der Waals surface area contributed by atoms with Crippen LogP contribution in [0.1, 0.15) is 37.8 Å². The third kappa shape index (κ3) is 2.88. The molecule has 3 aromatic heterocycles. The number of aryl methyl sites for hydroxylation is 1. The molecular weight excluding hydrogens is 368 g/mol. The summed E-state index contributed by atoms with van der Waals surface area (Å²) in [6.07, 6.45) is 5.61. The Morgan fingerprint density at radius 2 is 2.21 bits per heavy atom. The van der Waals surface area contributed by atoms with E-state index < -0.39 is 0 Å². The average Bonchev–Trinajstić information content (AvgIpc) is 2.98. The van der Waals surface area contributed by atoms with Gasteiger partial charge in [-0.1, -0.05) is 13.8 Å². The van der Waals surface area contributed by atoms with Gasteiger partial charge < -0.3 is 5.32 Å². The molecule has 0 saturated carbocycles. The first kappa shape index (κ1) is 15.5. The minimum absolute atomic E-state index is 0.315. The van der Waals surface area contributed by atoms with E-state index in [4.69, 9.17) is 0 Å². The lowest BCUT2D eigenvalue weighted by atomic mass is 10.1. The van der Waals surface area contributed by atoms with Gasteiger partial charge in [0, 0.05) is 35.2 Å². The van der Waals surface area contributed by atoms with Crippen LogP contribution >= 0.6 is 15.9 Å². The average molecular weight is 387 g/mol. The van der Waals surface area contributed by atoms with Gasteiger partial charge in [-0.15, -0.1) is 0 Å². The van der Waals surface area contributed by atoms with Crippen molar-refractivity contribution in [2.24, 2.45) is 0 Å². The summed E-state index contributed by atoms with van der Waals surface area (Å²) in [4.78, 5) is 13.6. The van der Waals surface area contributed by atoms with Crippen LogP contribution in [0.5, 0.6) is 0 Å².